The molecular weight excluding hydrogens is 336 g/mol. The molecule has 2 amide bonds. The first-order chi connectivity index (χ1) is 9.73. The largest absolute Gasteiger partial charge is 0.439 e. The summed E-state index contributed by atoms with van der Waals surface area (Å²) >= 11 is 3.35. The summed E-state index contributed by atoms with van der Waals surface area (Å²) in [7, 11) is 0. The molecule has 0 fully saturated rings. The van der Waals surface area contributed by atoms with Gasteiger partial charge in [-0.05, 0) is 52.0 Å². The topological polar surface area (TPSA) is 58.6 Å². The number of rotatable bonds is 4. The number of halogens is 1. The number of anilines is 1. The summed E-state index contributed by atoms with van der Waals surface area (Å²) in [5.74, 6) is -0.260. The molecule has 0 heterocycles. The molecule has 0 saturated heterocycles. The minimum atomic E-state index is -0.595. The summed E-state index contributed by atoms with van der Waals surface area (Å²) in [4.78, 5) is 25.3. The van der Waals surface area contributed by atoms with Gasteiger partial charge in [-0.15, -0.1) is 0 Å². The third-order valence-corrected chi connectivity index (χ3v) is 3.09. The summed E-state index contributed by atoms with van der Waals surface area (Å²) in [5.41, 5.74) is 0.376. The summed E-state index contributed by atoms with van der Waals surface area (Å²) in [6.45, 7) is 7.62. The number of amides is 2. The van der Waals surface area contributed by atoms with Crippen molar-refractivity contribution in [1.82, 2.24) is 5.32 Å². The van der Waals surface area contributed by atoms with Crippen LogP contribution < -0.4 is 10.2 Å². The van der Waals surface area contributed by atoms with Crippen molar-refractivity contribution in [3.8, 4) is 0 Å². The van der Waals surface area contributed by atoms with Crippen LogP contribution >= 0.6 is 15.9 Å². The molecule has 0 aliphatic carbocycles. The number of benzene rings is 1. The van der Waals surface area contributed by atoms with Gasteiger partial charge in [0.1, 0.15) is 0 Å². The number of carbonyl (C=O) groups excluding carboxylic acids is 2. The zero-order valence-electron chi connectivity index (χ0n) is 12.8. The van der Waals surface area contributed by atoms with Gasteiger partial charge in [0.2, 0.25) is 0 Å². The average Bonchev–Trinajstić information content (AvgIpc) is 2.37. The first-order valence-corrected chi connectivity index (χ1v) is 7.53. The minimum Gasteiger partial charge on any atom is -0.439 e. The molecular formula is C15H21BrN2O3. The third-order valence-electron chi connectivity index (χ3n) is 2.56. The highest BCUT2D eigenvalue weighted by Crippen LogP contribution is 2.18. The standard InChI is InChI=1S/C15H21BrN2O3/c1-5-18(12-8-6-11(16)7-9-12)13(19)10-21-14(20)17-15(2,3)4/h6-9H,5,10H2,1-4H3,(H,17,20). The van der Waals surface area contributed by atoms with Gasteiger partial charge in [-0.3, -0.25) is 4.79 Å². The van der Waals surface area contributed by atoms with Gasteiger partial charge in [0.05, 0.1) is 0 Å². The Bertz CT molecular complexity index is 495. The maximum atomic E-state index is 12.1. The number of nitrogens with zero attached hydrogens (tertiary/aromatic N) is 1. The molecule has 0 saturated carbocycles. The second-order valence-corrected chi connectivity index (χ2v) is 6.48. The van der Waals surface area contributed by atoms with Crippen LogP contribution in [-0.2, 0) is 9.53 Å². The van der Waals surface area contributed by atoms with Crippen molar-refractivity contribution < 1.29 is 14.3 Å². The maximum Gasteiger partial charge on any atom is 0.408 e. The smallest absolute Gasteiger partial charge is 0.408 e. The lowest BCUT2D eigenvalue weighted by atomic mass is 10.1. The van der Waals surface area contributed by atoms with Crippen molar-refractivity contribution in [3.05, 3.63) is 28.7 Å². The highest BCUT2D eigenvalue weighted by molar-refractivity contribution is 9.10. The van der Waals surface area contributed by atoms with Crippen LogP contribution in [0.4, 0.5) is 10.5 Å². The highest BCUT2D eigenvalue weighted by atomic mass is 79.9. The molecule has 0 aliphatic rings. The van der Waals surface area contributed by atoms with Crippen LogP contribution in [0.25, 0.3) is 0 Å². The number of hydrogen-bond acceptors (Lipinski definition) is 3. The van der Waals surface area contributed by atoms with Crippen LogP contribution in [0.1, 0.15) is 27.7 Å². The van der Waals surface area contributed by atoms with Gasteiger partial charge in [0.15, 0.2) is 6.61 Å². The number of nitrogens with one attached hydrogen (secondary N) is 1. The Kier molecular flexibility index (Phi) is 6.20. The number of ether oxygens (including phenoxy) is 1. The lowest BCUT2D eigenvalue weighted by Gasteiger charge is -2.23. The molecule has 116 valence electrons. The zero-order valence-corrected chi connectivity index (χ0v) is 14.4. The second-order valence-electron chi connectivity index (χ2n) is 5.57. The fourth-order valence-corrected chi connectivity index (χ4v) is 1.94. The third kappa shape index (κ3) is 6.16. The van der Waals surface area contributed by atoms with Gasteiger partial charge < -0.3 is 15.0 Å². The van der Waals surface area contributed by atoms with Crippen LogP contribution in [0.2, 0.25) is 0 Å². The van der Waals surface area contributed by atoms with E-state index >= 15 is 0 Å². The molecule has 1 aromatic carbocycles. The number of likely N-dealkylation sites (N-methyl/N-ethyl adjacent to an activating group) is 1. The molecule has 0 radical (unpaired) electrons. The van der Waals surface area contributed by atoms with Crippen molar-refractivity contribution in [1.29, 1.82) is 0 Å². The summed E-state index contributed by atoms with van der Waals surface area (Å²) in [5, 5.41) is 2.64. The molecule has 0 unspecified atom stereocenters. The Morgan fingerprint density at radius 1 is 1.24 bits per heavy atom. The van der Waals surface area contributed by atoms with E-state index in [1.807, 2.05) is 52.0 Å². The van der Waals surface area contributed by atoms with E-state index in [4.69, 9.17) is 4.74 Å². The SMILES string of the molecule is CCN(C(=O)COC(=O)NC(C)(C)C)c1ccc(Br)cc1. The first kappa shape index (κ1) is 17.5. The van der Waals surface area contributed by atoms with E-state index < -0.39 is 11.6 Å². The summed E-state index contributed by atoms with van der Waals surface area (Å²) < 4.78 is 5.90. The highest BCUT2D eigenvalue weighted by Gasteiger charge is 2.18. The van der Waals surface area contributed by atoms with E-state index in [9.17, 15) is 9.59 Å². The van der Waals surface area contributed by atoms with Gasteiger partial charge in [-0.2, -0.15) is 0 Å². The van der Waals surface area contributed by atoms with Crippen LogP contribution in [0.3, 0.4) is 0 Å². The predicted molar refractivity (Wildman–Crippen MR) is 86.4 cm³/mol. The van der Waals surface area contributed by atoms with Crippen LogP contribution in [-0.4, -0.2) is 30.7 Å². The maximum absolute atomic E-state index is 12.1. The van der Waals surface area contributed by atoms with Crippen LogP contribution in [0.5, 0.6) is 0 Å². The van der Waals surface area contributed by atoms with Gasteiger partial charge in [-0.1, -0.05) is 15.9 Å². The molecule has 21 heavy (non-hydrogen) atoms. The molecule has 0 atom stereocenters. The van der Waals surface area contributed by atoms with Crippen LogP contribution in [0.15, 0.2) is 28.7 Å². The summed E-state index contributed by atoms with van der Waals surface area (Å²) in [6, 6.07) is 7.39. The fourth-order valence-electron chi connectivity index (χ4n) is 1.67. The van der Waals surface area contributed by atoms with Gasteiger partial charge >= 0.3 is 6.09 Å². The van der Waals surface area contributed by atoms with E-state index in [-0.39, 0.29) is 12.5 Å². The van der Waals surface area contributed by atoms with E-state index in [0.717, 1.165) is 10.2 Å². The minimum absolute atomic E-state index is 0.260. The molecule has 1 rings (SSSR count). The molecule has 1 aromatic rings. The van der Waals surface area contributed by atoms with Crippen molar-refractivity contribution in [2.24, 2.45) is 0 Å². The number of carbonyl (C=O) groups is 2. The van der Waals surface area contributed by atoms with E-state index in [0.29, 0.717) is 6.54 Å². The monoisotopic (exact) mass is 356 g/mol. The predicted octanol–water partition coefficient (Wildman–Crippen LogP) is 3.33. The molecule has 0 bridgehead atoms. The summed E-state index contributed by atoms with van der Waals surface area (Å²) in [6.07, 6.45) is -0.595. The zero-order chi connectivity index (χ0) is 16.0. The molecule has 5 nitrogen and oxygen atoms in total. The van der Waals surface area contributed by atoms with Gasteiger partial charge in [-0.25, -0.2) is 4.79 Å². The van der Waals surface area contributed by atoms with Crippen molar-refractivity contribution >= 4 is 33.6 Å². The Hall–Kier alpha value is -1.56. The Morgan fingerprint density at radius 2 is 1.81 bits per heavy atom. The van der Waals surface area contributed by atoms with E-state index in [1.165, 1.54) is 0 Å². The molecule has 6 heteroatoms. The lowest BCUT2D eigenvalue weighted by Crippen LogP contribution is -2.42. The van der Waals surface area contributed by atoms with E-state index in [1.54, 1.807) is 4.90 Å². The normalized spacial score (nSPS) is 10.9. The molecule has 0 aromatic heterocycles. The Balaban J connectivity index is 2.60. The Morgan fingerprint density at radius 3 is 2.29 bits per heavy atom. The average molecular weight is 357 g/mol. The Labute approximate surface area is 133 Å². The van der Waals surface area contributed by atoms with Crippen molar-refractivity contribution in [2.45, 2.75) is 33.2 Å². The fraction of sp³-hybridized carbons (Fsp3) is 0.467. The van der Waals surface area contributed by atoms with Crippen molar-refractivity contribution in [3.63, 3.8) is 0 Å². The molecule has 0 spiro atoms. The number of hydrogen-bond donors (Lipinski definition) is 1. The van der Waals surface area contributed by atoms with Crippen molar-refractivity contribution in [2.75, 3.05) is 18.1 Å². The van der Waals surface area contributed by atoms with Crippen LogP contribution in [0, 0.1) is 0 Å². The first-order valence-electron chi connectivity index (χ1n) is 6.74. The van der Waals surface area contributed by atoms with Gasteiger partial charge in [0.25, 0.3) is 5.91 Å². The quantitative estimate of drug-likeness (QED) is 0.899. The number of alkyl carbamates (subject to hydrolysis) is 1. The van der Waals surface area contributed by atoms with Gasteiger partial charge in [0, 0.05) is 22.2 Å². The molecule has 0 aliphatic heterocycles. The molecule has 1 N–H and O–H groups in total. The van der Waals surface area contributed by atoms with E-state index in [2.05, 4.69) is 21.2 Å². The lowest BCUT2D eigenvalue weighted by molar-refractivity contribution is -0.121. The second kappa shape index (κ2) is 7.45.